The molecule has 4 heterocycles. The maximum atomic E-state index is 13.4. The topological polar surface area (TPSA) is 160 Å². The first-order chi connectivity index (χ1) is 19.6. The van der Waals surface area contributed by atoms with Gasteiger partial charge in [0.05, 0.1) is 32.3 Å². The van der Waals surface area contributed by atoms with Crippen LogP contribution in [0.4, 0.5) is 4.39 Å². The molecule has 5 N–H and O–H groups in total. The number of nitrogens with zero attached hydrogens (tertiary/aromatic N) is 2. The molecule has 1 spiro atoms. The van der Waals surface area contributed by atoms with Crippen LogP contribution in [0.25, 0.3) is 11.1 Å². The number of amidine groups is 1. The van der Waals surface area contributed by atoms with Crippen molar-refractivity contribution in [3.8, 4) is 11.1 Å². The second-order valence-electron chi connectivity index (χ2n) is 9.85. The Bertz CT molecular complexity index is 1460. The first-order valence-corrected chi connectivity index (χ1v) is 13.8. The number of likely N-dealkylation sites (tertiary alicyclic amines) is 1. The third kappa shape index (κ3) is 6.26. The van der Waals surface area contributed by atoms with Crippen molar-refractivity contribution in [1.82, 2.24) is 20.5 Å². The number of halogens is 1. The van der Waals surface area contributed by atoms with Crippen LogP contribution < -0.4 is 16.4 Å². The van der Waals surface area contributed by atoms with Crippen LogP contribution in [-0.2, 0) is 19.1 Å². The highest BCUT2D eigenvalue weighted by Gasteiger charge is 2.52. The van der Waals surface area contributed by atoms with Crippen LogP contribution in [0, 0.1) is 11.2 Å². The Morgan fingerprint density at radius 2 is 1.90 bits per heavy atom. The normalized spacial score (nSPS) is 18.3. The average Bonchev–Trinajstić information content (AvgIpc) is 3.73. The number of ether oxygens (including phenoxy) is 2. The predicted octanol–water partition coefficient (Wildman–Crippen LogP) is 2.18. The van der Waals surface area contributed by atoms with Crippen LogP contribution in [0.15, 0.2) is 54.0 Å². The summed E-state index contributed by atoms with van der Waals surface area (Å²) in [6.45, 7) is 2.20. The zero-order valence-corrected chi connectivity index (χ0v) is 23.0. The molecule has 214 valence electrons. The number of carbonyl (C=O) groups is 3. The van der Waals surface area contributed by atoms with Crippen LogP contribution >= 0.6 is 11.3 Å². The summed E-state index contributed by atoms with van der Waals surface area (Å²) >= 11 is 1.37. The highest BCUT2D eigenvalue weighted by Crippen LogP contribution is 2.35. The van der Waals surface area contributed by atoms with Crippen molar-refractivity contribution in [2.24, 2.45) is 5.73 Å². The molecule has 2 atom stereocenters. The Morgan fingerprint density at radius 3 is 2.54 bits per heavy atom. The minimum absolute atomic E-state index is 0.0479. The molecule has 2 aromatic heterocycles. The molecule has 5 rings (SSSR count). The number of hydrogen-bond donors (Lipinski definition) is 4. The average molecular weight is 581 g/mol. The van der Waals surface area contributed by atoms with E-state index in [2.05, 4.69) is 15.6 Å². The zero-order valence-electron chi connectivity index (χ0n) is 22.2. The van der Waals surface area contributed by atoms with E-state index < -0.39 is 23.6 Å². The number of nitrogen functional groups attached to an aromatic ring is 1. The van der Waals surface area contributed by atoms with Crippen molar-refractivity contribution in [2.75, 3.05) is 26.3 Å². The Hall–Kier alpha value is -4.20. The van der Waals surface area contributed by atoms with Gasteiger partial charge in [0.1, 0.15) is 23.4 Å². The van der Waals surface area contributed by atoms with E-state index >= 15 is 0 Å². The first-order valence-electron chi connectivity index (χ1n) is 12.9. The summed E-state index contributed by atoms with van der Waals surface area (Å²) in [5.74, 6) is -2.90. The molecule has 0 saturated carbocycles. The molecule has 2 fully saturated rings. The fraction of sp³-hybridized carbons (Fsp3) is 0.321. The van der Waals surface area contributed by atoms with Gasteiger partial charge in [0, 0.05) is 34.0 Å². The second kappa shape index (κ2) is 11.7. The number of hydrogen-bond acceptors (Lipinski definition) is 8. The lowest BCUT2D eigenvalue weighted by molar-refractivity contribution is -0.152. The largest absolute Gasteiger partial charge is 0.384 e. The van der Waals surface area contributed by atoms with Gasteiger partial charge in [0.15, 0.2) is 5.79 Å². The second-order valence-corrected chi connectivity index (χ2v) is 10.8. The maximum absolute atomic E-state index is 13.4. The summed E-state index contributed by atoms with van der Waals surface area (Å²) < 4.78 is 24.8. The molecule has 0 radical (unpaired) electrons. The molecule has 11 nitrogen and oxygen atoms in total. The number of pyridine rings is 1. The van der Waals surface area contributed by atoms with E-state index in [-0.39, 0.29) is 48.8 Å². The Kier molecular flexibility index (Phi) is 8.10. The van der Waals surface area contributed by atoms with Gasteiger partial charge >= 0.3 is 0 Å². The van der Waals surface area contributed by atoms with Crippen LogP contribution in [-0.4, -0.2) is 71.6 Å². The van der Waals surface area contributed by atoms with E-state index in [0.29, 0.717) is 24.3 Å². The van der Waals surface area contributed by atoms with Gasteiger partial charge in [-0.05, 0) is 36.8 Å². The first kappa shape index (κ1) is 28.3. The Labute approximate surface area is 239 Å². The third-order valence-corrected chi connectivity index (χ3v) is 8.13. The molecule has 2 aliphatic heterocycles. The van der Waals surface area contributed by atoms with Gasteiger partial charge in [0.25, 0.3) is 5.91 Å². The lowest BCUT2D eigenvalue weighted by Gasteiger charge is -2.25. The molecule has 41 heavy (non-hydrogen) atoms. The quantitative estimate of drug-likeness (QED) is 0.235. The van der Waals surface area contributed by atoms with Crippen molar-refractivity contribution in [3.63, 3.8) is 0 Å². The van der Waals surface area contributed by atoms with Gasteiger partial charge in [-0.3, -0.25) is 24.8 Å². The van der Waals surface area contributed by atoms with E-state index in [1.165, 1.54) is 40.6 Å². The van der Waals surface area contributed by atoms with Crippen molar-refractivity contribution in [1.29, 1.82) is 5.41 Å². The van der Waals surface area contributed by atoms with E-state index in [0.717, 1.165) is 10.4 Å². The minimum Gasteiger partial charge on any atom is -0.384 e. The molecule has 3 amide bonds. The summed E-state index contributed by atoms with van der Waals surface area (Å²) in [5, 5.41) is 14.8. The van der Waals surface area contributed by atoms with Crippen LogP contribution in [0.3, 0.4) is 0 Å². The highest BCUT2D eigenvalue weighted by atomic mass is 32.1. The summed E-state index contributed by atoms with van der Waals surface area (Å²) in [6.07, 6.45) is 1.65. The van der Waals surface area contributed by atoms with E-state index in [4.69, 9.17) is 20.6 Å². The van der Waals surface area contributed by atoms with Crippen molar-refractivity contribution < 1.29 is 28.2 Å². The van der Waals surface area contributed by atoms with Gasteiger partial charge in [-0.2, -0.15) is 0 Å². The predicted molar refractivity (Wildman–Crippen MR) is 149 cm³/mol. The van der Waals surface area contributed by atoms with Gasteiger partial charge in [-0.25, -0.2) is 4.39 Å². The molecule has 0 aliphatic carbocycles. The van der Waals surface area contributed by atoms with Crippen molar-refractivity contribution in [2.45, 2.75) is 31.2 Å². The molecular formula is C28H29FN6O5S. The molecular weight excluding hydrogens is 551 g/mol. The summed E-state index contributed by atoms with van der Waals surface area (Å²) in [5.41, 5.74) is 7.69. The number of thiophene rings is 1. The van der Waals surface area contributed by atoms with Crippen LogP contribution in [0.5, 0.6) is 0 Å². The molecule has 1 aromatic carbocycles. The smallest absolute Gasteiger partial charge is 0.270 e. The Morgan fingerprint density at radius 1 is 1.20 bits per heavy atom. The summed E-state index contributed by atoms with van der Waals surface area (Å²) in [4.78, 5) is 45.7. The fourth-order valence-electron chi connectivity index (χ4n) is 4.83. The van der Waals surface area contributed by atoms with Gasteiger partial charge in [0.2, 0.25) is 11.8 Å². The third-order valence-electron chi connectivity index (χ3n) is 7.02. The number of nitrogens with one attached hydrogen (secondary N) is 3. The monoisotopic (exact) mass is 580 g/mol. The summed E-state index contributed by atoms with van der Waals surface area (Å²) in [6, 6.07) is 9.59. The SMILES string of the molecule is C[C@@H](NC(=O)C1CC2(CN1C(=O)CNC(=O)c1ccc(-c3ccc(F)cc3)cn1)OCCO2)c1cc(C(=N)N)cs1. The van der Waals surface area contributed by atoms with E-state index in [1.807, 2.05) is 6.92 Å². The van der Waals surface area contributed by atoms with Gasteiger partial charge in [-0.1, -0.05) is 18.2 Å². The lowest BCUT2D eigenvalue weighted by atomic mass is 10.1. The molecule has 1 unspecified atom stereocenters. The van der Waals surface area contributed by atoms with Gasteiger partial charge in [-0.15, -0.1) is 11.3 Å². The maximum Gasteiger partial charge on any atom is 0.270 e. The molecule has 0 bridgehead atoms. The number of benzene rings is 1. The van der Waals surface area contributed by atoms with Gasteiger partial charge < -0.3 is 30.7 Å². The molecule has 3 aromatic rings. The van der Waals surface area contributed by atoms with Crippen molar-refractivity contribution in [3.05, 3.63) is 76.0 Å². The van der Waals surface area contributed by atoms with E-state index in [9.17, 15) is 18.8 Å². The van der Waals surface area contributed by atoms with Crippen LogP contribution in [0.2, 0.25) is 0 Å². The minimum atomic E-state index is -1.08. The number of aromatic nitrogens is 1. The molecule has 13 heteroatoms. The summed E-state index contributed by atoms with van der Waals surface area (Å²) in [7, 11) is 0. The number of carbonyl (C=O) groups excluding carboxylic acids is 3. The Balaban J connectivity index is 1.22. The number of rotatable bonds is 8. The van der Waals surface area contributed by atoms with Crippen molar-refractivity contribution >= 4 is 34.9 Å². The zero-order chi connectivity index (χ0) is 29.1. The highest BCUT2D eigenvalue weighted by molar-refractivity contribution is 7.10. The lowest BCUT2D eigenvalue weighted by Crippen LogP contribution is -2.49. The fourth-order valence-corrected chi connectivity index (χ4v) is 5.75. The van der Waals surface area contributed by atoms with E-state index in [1.54, 1.807) is 29.6 Å². The molecule has 2 saturated heterocycles. The molecule has 2 aliphatic rings. The standard InChI is InChI=1S/C28H29FN6O5S/c1-16(23-10-19(14-41-23)25(30)31)34-27(38)22-11-28(39-8-9-40-28)15-35(22)24(36)13-33-26(37)21-7-4-18(12-32-21)17-2-5-20(29)6-3-17/h2-7,10,12,14,16,22H,8-9,11,13,15H2,1H3,(H3,30,31)(H,33,37)(H,34,38)/t16-,22?/m1/s1. The van der Waals surface area contributed by atoms with Crippen LogP contribution in [0.1, 0.15) is 40.3 Å². The number of nitrogens with two attached hydrogens (primary N) is 1. The number of amides is 3.